The zero-order valence-electron chi connectivity index (χ0n) is 11.4. The molecule has 3 nitrogen and oxygen atoms in total. The fraction of sp³-hybridized carbons (Fsp3) is 0.400. The molecular weight excluding hydrogens is 222 g/mol. The number of hydrogen-bond donors (Lipinski definition) is 1. The van der Waals surface area contributed by atoms with E-state index in [1.807, 2.05) is 10.9 Å². The van der Waals surface area contributed by atoms with Crippen LogP contribution < -0.4 is 5.32 Å². The summed E-state index contributed by atoms with van der Waals surface area (Å²) in [5.74, 6) is 0.465. The highest BCUT2D eigenvalue weighted by molar-refractivity contribution is 5.40. The van der Waals surface area contributed by atoms with E-state index in [-0.39, 0.29) is 0 Å². The smallest absolute Gasteiger partial charge is 0.0690 e. The third-order valence-corrected chi connectivity index (χ3v) is 3.01. The van der Waals surface area contributed by atoms with E-state index in [1.165, 1.54) is 5.56 Å². The van der Waals surface area contributed by atoms with Crippen molar-refractivity contribution in [1.82, 2.24) is 15.1 Å². The third-order valence-electron chi connectivity index (χ3n) is 3.01. The molecule has 0 atom stereocenters. The minimum Gasteiger partial charge on any atom is -0.313 e. The van der Waals surface area contributed by atoms with Crippen molar-refractivity contribution in [3.8, 4) is 5.69 Å². The fourth-order valence-electron chi connectivity index (χ4n) is 1.92. The van der Waals surface area contributed by atoms with E-state index in [0.29, 0.717) is 5.92 Å². The maximum atomic E-state index is 4.64. The summed E-state index contributed by atoms with van der Waals surface area (Å²) >= 11 is 0. The van der Waals surface area contributed by atoms with Gasteiger partial charge in [0, 0.05) is 12.7 Å². The van der Waals surface area contributed by atoms with Gasteiger partial charge in [0.15, 0.2) is 0 Å². The first-order valence-corrected chi connectivity index (χ1v) is 6.57. The Bertz CT molecular complexity index is 500. The molecule has 96 valence electrons. The van der Waals surface area contributed by atoms with Crippen LogP contribution in [-0.4, -0.2) is 16.3 Å². The van der Waals surface area contributed by atoms with Gasteiger partial charge in [-0.1, -0.05) is 39.0 Å². The Labute approximate surface area is 109 Å². The highest BCUT2D eigenvalue weighted by atomic mass is 15.3. The number of rotatable bonds is 5. The molecule has 1 N–H and O–H groups in total. The Morgan fingerprint density at radius 1 is 1.22 bits per heavy atom. The summed E-state index contributed by atoms with van der Waals surface area (Å²) in [4.78, 5) is 0. The van der Waals surface area contributed by atoms with Crippen molar-refractivity contribution in [3.05, 3.63) is 47.8 Å². The van der Waals surface area contributed by atoms with Crippen molar-refractivity contribution < 1.29 is 0 Å². The number of aromatic nitrogens is 2. The largest absolute Gasteiger partial charge is 0.313 e. The van der Waals surface area contributed by atoms with Crippen molar-refractivity contribution in [2.24, 2.45) is 0 Å². The van der Waals surface area contributed by atoms with Crippen LogP contribution in [0.25, 0.3) is 5.69 Å². The molecule has 0 aliphatic heterocycles. The summed E-state index contributed by atoms with van der Waals surface area (Å²) in [5.41, 5.74) is 3.57. The van der Waals surface area contributed by atoms with Gasteiger partial charge in [-0.3, -0.25) is 0 Å². The van der Waals surface area contributed by atoms with Crippen molar-refractivity contribution in [3.63, 3.8) is 0 Å². The molecule has 1 aromatic heterocycles. The Balaban J connectivity index is 2.30. The van der Waals surface area contributed by atoms with Gasteiger partial charge < -0.3 is 5.32 Å². The number of nitrogens with one attached hydrogen (secondary N) is 1. The molecule has 3 heteroatoms. The Hall–Kier alpha value is -1.61. The molecule has 0 amide bonds. The molecular formula is C15H21N3. The summed E-state index contributed by atoms with van der Waals surface area (Å²) in [7, 11) is 0. The van der Waals surface area contributed by atoms with Crippen LogP contribution in [-0.2, 0) is 6.54 Å². The average Bonchev–Trinajstić information content (AvgIpc) is 2.86. The van der Waals surface area contributed by atoms with Crippen LogP contribution in [0.2, 0.25) is 0 Å². The van der Waals surface area contributed by atoms with Crippen molar-refractivity contribution >= 4 is 0 Å². The van der Waals surface area contributed by atoms with Gasteiger partial charge in [0.05, 0.1) is 11.4 Å². The molecule has 2 aromatic rings. The third kappa shape index (κ3) is 2.79. The average molecular weight is 243 g/mol. The quantitative estimate of drug-likeness (QED) is 0.874. The molecule has 0 bridgehead atoms. The van der Waals surface area contributed by atoms with Crippen LogP contribution >= 0.6 is 0 Å². The molecule has 0 radical (unpaired) electrons. The summed E-state index contributed by atoms with van der Waals surface area (Å²) < 4.78 is 1.97. The zero-order valence-corrected chi connectivity index (χ0v) is 11.4. The minimum absolute atomic E-state index is 0.465. The topological polar surface area (TPSA) is 29.9 Å². The molecule has 1 aromatic carbocycles. The van der Waals surface area contributed by atoms with Crippen LogP contribution in [0, 0.1) is 0 Å². The lowest BCUT2D eigenvalue weighted by molar-refractivity contribution is 0.711. The molecule has 0 spiro atoms. The van der Waals surface area contributed by atoms with E-state index in [0.717, 1.165) is 24.5 Å². The molecule has 0 fully saturated rings. The van der Waals surface area contributed by atoms with Crippen LogP contribution in [0.5, 0.6) is 0 Å². The van der Waals surface area contributed by atoms with E-state index in [2.05, 4.69) is 61.5 Å². The predicted octanol–water partition coefficient (Wildman–Crippen LogP) is 3.11. The molecule has 0 aliphatic rings. The predicted molar refractivity (Wildman–Crippen MR) is 75.0 cm³/mol. The molecule has 2 rings (SSSR count). The number of para-hydroxylation sites is 1. The van der Waals surface area contributed by atoms with Gasteiger partial charge in [-0.25, -0.2) is 4.68 Å². The van der Waals surface area contributed by atoms with Crippen molar-refractivity contribution in [1.29, 1.82) is 0 Å². The van der Waals surface area contributed by atoms with E-state index < -0.39 is 0 Å². The van der Waals surface area contributed by atoms with Crippen LogP contribution in [0.15, 0.2) is 36.5 Å². The SMILES string of the molecule is CCNCc1ccccc1-n1ccc(C(C)C)n1. The van der Waals surface area contributed by atoms with Crippen LogP contribution in [0.3, 0.4) is 0 Å². The van der Waals surface area contributed by atoms with Gasteiger partial charge >= 0.3 is 0 Å². The maximum absolute atomic E-state index is 4.64. The standard InChI is InChI=1S/C15H21N3/c1-4-16-11-13-7-5-6-8-15(13)18-10-9-14(17-18)12(2)3/h5-10,12,16H,4,11H2,1-3H3. The minimum atomic E-state index is 0.465. The van der Waals surface area contributed by atoms with E-state index in [9.17, 15) is 0 Å². The zero-order chi connectivity index (χ0) is 13.0. The lowest BCUT2D eigenvalue weighted by Crippen LogP contribution is -2.14. The monoisotopic (exact) mass is 243 g/mol. The van der Waals surface area contributed by atoms with Gasteiger partial charge in [0.25, 0.3) is 0 Å². The van der Waals surface area contributed by atoms with E-state index in [1.54, 1.807) is 0 Å². The van der Waals surface area contributed by atoms with Gasteiger partial charge in [0.1, 0.15) is 0 Å². The second-order valence-electron chi connectivity index (χ2n) is 4.75. The first kappa shape index (κ1) is 12.8. The molecule has 1 heterocycles. The first-order valence-electron chi connectivity index (χ1n) is 6.57. The lowest BCUT2D eigenvalue weighted by atomic mass is 10.1. The second-order valence-corrected chi connectivity index (χ2v) is 4.75. The van der Waals surface area contributed by atoms with Crippen molar-refractivity contribution in [2.75, 3.05) is 6.54 Å². The Morgan fingerprint density at radius 3 is 2.67 bits per heavy atom. The summed E-state index contributed by atoms with van der Waals surface area (Å²) in [5, 5.41) is 8.00. The van der Waals surface area contributed by atoms with Crippen LogP contribution in [0.1, 0.15) is 37.9 Å². The van der Waals surface area contributed by atoms with Gasteiger partial charge in [-0.2, -0.15) is 5.10 Å². The maximum Gasteiger partial charge on any atom is 0.0690 e. The summed E-state index contributed by atoms with van der Waals surface area (Å²) in [6.07, 6.45) is 2.04. The normalized spacial score (nSPS) is 11.1. The highest BCUT2D eigenvalue weighted by Crippen LogP contribution is 2.17. The molecule has 0 saturated carbocycles. The van der Waals surface area contributed by atoms with Gasteiger partial charge in [0.2, 0.25) is 0 Å². The Kier molecular flexibility index (Phi) is 4.15. The van der Waals surface area contributed by atoms with Crippen molar-refractivity contribution in [2.45, 2.75) is 33.2 Å². The number of nitrogens with zero attached hydrogens (tertiary/aromatic N) is 2. The van der Waals surface area contributed by atoms with E-state index >= 15 is 0 Å². The van der Waals surface area contributed by atoms with Gasteiger partial charge in [-0.15, -0.1) is 0 Å². The Morgan fingerprint density at radius 2 is 2.00 bits per heavy atom. The lowest BCUT2D eigenvalue weighted by Gasteiger charge is -2.10. The molecule has 0 aliphatic carbocycles. The van der Waals surface area contributed by atoms with Crippen LogP contribution in [0.4, 0.5) is 0 Å². The first-order chi connectivity index (χ1) is 8.72. The highest BCUT2D eigenvalue weighted by Gasteiger charge is 2.07. The summed E-state index contributed by atoms with van der Waals surface area (Å²) in [6.45, 7) is 8.30. The number of hydrogen-bond acceptors (Lipinski definition) is 2. The number of benzene rings is 1. The van der Waals surface area contributed by atoms with Gasteiger partial charge in [-0.05, 0) is 30.2 Å². The second kappa shape index (κ2) is 5.83. The molecule has 18 heavy (non-hydrogen) atoms. The molecule has 0 unspecified atom stereocenters. The van der Waals surface area contributed by atoms with E-state index in [4.69, 9.17) is 0 Å². The fourth-order valence-corrected chi connectivity index (χ4v) is 1.92. The molecule has 0 saturated heterocycles. The summed E-state index contributed by atoms with van der Waals surface area (Å²) in [6, 6.07) is 10.5.